The summed E-state index contributed by atoms with van der Waals surface area (Å²) in [4.78, 5) is 0. The van der Waals surface area contributed by atoms with Gasteiger partial charge in [0.15, 0.2) is 0 Å². The largest absolute Gasteiger partial charge is 0.319 e. The minimum Gasteiger partial charge on any atom is -0.319 e. The van der Waals surface area contributed by atoms with E-state index in [2.05, 4.69) is 51.2 Å². The number of rotatable bonds is 5. The first-order valence-corrected chi connectivity index (χ1v) is 6.22. The van der Waals surface area contributed by atoms with E-state index in [0.29, 0.717) is 5.41 Å². The van der Waals surface area contributed by atoms with Crippen LogP contribution in [-0.2, 0) is 6.42 Å². The first kappa shape index (κ1) is 13.2. The summed E-state index contributed by atoms with van der Waals surface area (Å²) in [6.07, 6.45) is 2.38. The SMILES string of the molecule is CCC(C)(CNC)Cc1c(C)cccc1C. The van der Waals surface area contributed by atoms with E-state index >= 15 is 0 Å². The third kappa shape index (κ3) is 3.08. The van der Waals surface area contributed by atoms with Crippen molar-refractivity contribution in [2.24, 2.45) is 5.41 Å². The molecule has 0 aliphatic heterocycles. The van der Waals surface area contributed by atoms with Crippen LogP contribution < -0.4 is 5.32 Å². The number of hydrogen-bond donors (Lipinski definition) is 1. The van der Waals surface area contributed by atoms with Gasteiger partial charge in [-0.2, -0.15) is 0 Å². The Morgan fingerprint density at radius 2 is 1.75 bits per heavy atom. The van der Waals surface area contributed by atoms with Gasteiger partial charge in [0.2, 0.25) is 0 Å². The maximum atomic E-state index is 3.32. The van der Waals surface area contributed by atoms with Crippen molar-refractivity contribution in [3.05, 3.63) is 34.9 Å². The van der Waals surface area contributed by atoms with Crippen molar-refractivity contribution in [2.75, 3.05) is 13.6 Å². The van der Waals surface area contributed by atoms with Crippen molar-refractivity contribution in [1.29, 1.82) is 0 Å². The lowest BCUT2D eigenvalue weighted by Gasteiger charge is -2.29. The molecule has 0 fully saturated rings. The van der Waals surface area contributed by atoms with Gasteiger partial charge in [-0.15, -0.1) is 0 Å². The zero-order valence-corrected chi connectivity index (χ0v) is 11.4. The van der Waals surface area contributed by atoms with Crippen molar-refractivity contribution in [2.45, 2.75) is 40.5 Å². The minimum absolute atomic E-state index is 0.367. The Kier molecular flexibility index (Phi) is 4.55. The van der Waals surface area contributed by atoms with Crippen molar-refractivity contribution < 1.29 is 0 Å². The molecule has 16 heavy (non-hydrogen) atoms. The highest BCUT2D eigenvalue weighted by molar-refractivity contribution is 5.34. The van der Waals surface area contributed by atoms with Gasteiger partial charge in [-0.25, -0.2) is 0 Å². The van der Waals surface area contributed by atoms with Crippen LogP contribution in [-0.4, -0.2) is 13.6 Å². The Labute approximate surface area is 100 Å². The van der Waals surface area contributed by atoms with Crippen molar-refractivity contribution in [3.8, 4) is 0 Å². The molecule has 1 nitrogen and oxygen atoms in total. The molecule has 0 radical (unpaired) electrons. The Bertz CT molecular complexity index is 323. The highest BCUT2D eigenvalue weighted by Crippen LogP contribution is 2.28. The molecule has 1 aromatic rings. The number of benzene rings is 1. The summed E-state index contributed by atoms with van der Waals surface area (Å²) < 4.78 is 0. The zero-order valence-electron chi connectivity index (χ0n) is 11.4. The van der Waals surface area contributed by atoms with Gasteiger partial charge in [0.05, 0.1) is 0 Å². The molecule has 90 valence electrons. The van der Waals surface area contributed by atoms with Gasteiger partial charge in [0.1, 0.15) is 0 Å². The molecule has 0 saturated heterocycles. The second-order valence-corrected chi connectivity index (χ2v) is 5.24. The molecule has 1 N–H and O–H groups in total. The molecule has 0 spiro atoms. The molecular weight excluding hydrogens is 194 g/mol. The molecule has 1 atom stereocenters. The van der Waals surface area contributed by atoms with E-state index in [0.717, 1.165) is 6.54 Å². The third-order valence-corrected chi connectivity index (χ3v) is 3.71. The highest BCUT2D eigenvalue weighted by atomic mass is 14.8. The molecule has 0 aromatic heterocycles. The second-order valence-electron chi connectivity index (χ2n) is 5.24. The molecular formula is C15H25N. The van der Waals surface area contributed by atoms with Crippen LogP contribution in [0.4, 0.5) is 0 Å². The Morgan fingerprint density at radius 3 is 2.19 bits per heavy atom. The van der Waals surface area contributed by atoms with Crippen molar-refractivity contribution in [3.63, 3.8) is 0 Å². The fraction of sp³-hybridized carbons (Fsp3) is 0.600. The molecule has 0 heterocycles. The van der Waals surface area contributed by atoms with Crippen LogP contribution in [0.5, 0.6) is 0 Å². The van der Waals surface area contributed by atoms with Crippen LogP contribution in [0.15, 0.2) is 18.2 Å². The molecule has 0 saturated carbocycles. The highest BCUT2D eigenvalue weighted by Gasteiger charge is 2.23. The molecule has 0 aliphatic rings. The van der Waals surface area contributed by atoms with Crippen LogP contribution in [0.25, 0.3) is 0 Å². The lowest BCUT2D eigenvalue weighted by Crippen LogP contribution is -2.31. The molecule has 0 bridgehead atoms. The summed E-state index contributed by atoms with van der Waals surface area (Å²) in [5.41, 5.74) is 4.75. The van der Waals surface area contributed by atoms with Crippen LogP contribution in [0.1, 0.15) is 37.0 Å². The van der Waals surface area contributed by atoms with Gasteiger partial charge in [0, 0.05) is 6.54 Å². The van der Waals surface area contributed by atoms with Crippen LogP contribution in [0, 0.1) is 19.3 Å². The van der Waals surface area contributed by atoms with Gasteiger partial charge < -0.3 is 5.32 Å². The summed E-state index contributed by atoms with van der Waals surface area (Å²) in [6, 6.07) is 6.59. The van der Waals surface area contributed by atoms with Gasteiger partial charge >= 0.3 is 0 Å². The van der Waals surface area contributed by atoms with E-state index in [1.165, 1.54) is 29.5 Å². The number of hydrogen-bond acceptors (Lipinski definition) is 1. The van der Waals surface area contributed by atoms with Crippen molar-refractivity contribution >= 4 is 0 Å². The first-order valence-electron chi connectivity index (χ1n) is 6.22. The number of aryl methyl sites for hydroxylation is 2. The lowest BCUT2D eigenvalue weighted by molar-refractivity contribution is 0.298. The summed E-state index contributed by atoms with van der Waals surface area (Å²) >= 11 is 0. The summed E-state index contributed by atoms with van der Waals surface area (Å²) in [7, 11) is 2.04. The zero-order chi connectivity index (χ0) is 12.2. The molecule has 1 heteroatoms. The Morgan fingerprint density at radius 1 is 1.19 bits per heavy atom. The summed E-state index contributed by atoms with van der Waals surface area (Å²) in [5.74, 6) is 0. The molecule has 1 unspecified atom stereocenters. The summed E-state index contributed by atoms with van der Waals surface area (Å²) in [6.45, 7) is 10.2. The van der Waals surface area contributed by atoms with E-state index in [4.69, 9.17) is 0 Å². The second kappa shape index (κ2) is 5.49. The predicted octanol–water partition coefficient (Wildman–Crippen LogP) is 3.48. The number of nitrogens with one attached hydrogen (secondary N) is 1. The topological polar surface area (TPSA) is 12.0 Å². The van der Waals surface area contributed by atoms with E-state index in [1.54, 1.807) is 0 Å². The molecule has 1 aromatic carbocycles. The predicted molar refractivity (Wildman–Crippen MR) is 71.9 cm³/mol. The van der Waals surface area contributed by atoms with E-state index < -0.39 is 0 Å². The fourth-order valence-electron chi connectivity index (χ4n) is 2.29. The molecule has 0 aliphatic carbocycles. The van der Waals surface area contributed by atoms with Crippen molar-refractivity contribution in [1.82, 2.24) is 5.32 Å². The third-order valence-electron chi connectivity index (χ3n) is 3.71. The van der Waals surface area contributed by atoms with E-state index in [9.17, 15) is 0 Å². The average Bonchev–Trinajstić information content (AvgIpc) is 2.24. The average molecular weight is 219 g/mol. The monoisotopic (exact) mass is 219 g/mol. The van der Waals surface area contributed by atoms with Gasteiger partial charge in [-0.05, 0) is 55.8 Å². The van der Waals surface area contributed by atoms with Crippen LogP contribution >= 0.6 is 0 Å². The van der Waals surface area contributed by atoms with E-state index in [1.807, 2.05) is 7.05 Å². The van der Waals surface area contributed by atoms with E-state index in [-0.39, 0.29) is 0 Å². The first-order chi connectivity index (χ1) is 7.52. The summed E-state index contributed by atoms with van der Waals surface area (Å²) in [5, 5.41) is 3.32. The fourth-order valence-corrected chi connectivity index (χ4v) is 2.29. The van der Waals surface area contributed by atoms with Crippen LogP contribution in [0.3, 0.4) is 0 Å². The lowest BCUT2D eigenvalue weighted by atomic mass is 9.79. The van der Waals surface area contributed by atoms with Gasteiger partial charge in [-0.1, -0.05) is 32.0 Å². The maximum absolute atomic E-state index is 3.32. The standard InChI is InChI=1S/C15H25N/c1-6-15(4,11-16-5)10-14-12(2)8-7-9-13(14)3/h7-9,16H,6,10-11H2,1-5H3. The maximum Gasteiger partial charge on any atom is 0.000525 e. The molecule has 1 rings (SSSR count). The van der Waals surface area contributed by atoms with Crippen LogP contribution in [0.2, 0.25) is 0 Å². The Balaban J connectivity index is 2.94. The smallest absolute Gasteiger partial charge is 0.000525 e. The quantitative estimate of drug-likeness (QED) is 0.799. The normalized spacial score (nSPS) is 14.8. The van der Waals surface area contributed by atoms with Gasteiger partial charge in [-0.3, -0.25) is 0 Å². The Hall–Kier alpha value is -0.820. The molecule has 0 amide bonds. The minimum atomic E-state index is 0.367. The van der Waals surface area contributed by atoms with Gasteiger partial charge in [0.25, 0.3) is 0 Å².